The van der Waals surface area contributed by atoms with E-state index < -0.39 is 0 Å². The van der Waals surface area contributed by atoms with E-state index in [1.54, 1.807) is 0 Å². The summed E-state index contributed by atoms with van der Waals surface area (Å²) in [6.45, 7) is 2.14. The molecule has 0 aromatic carbocycles. The smallest absolute Gasteiger partial charge is 0.102 e. The Labute approximate surface area is 70.6 Å². The van der Waals surface area contributed by atoms with Crippen LogP contribution >= 0.6 is 11.5 Å². The highest BCUT2D eigenvalue weighted by Gasteiger charge is 2.02. The van der Waals surface area contributed by atoms with Crippen molar-refractivity contribution in [2.24, 2.45) is 0 Å². The van der Waals surface area contributed by atoms with E-state index in [1.165, 1.54) is 11.5 Å². The predicted molar refractivity (Wildman–Crippen MR) is 45.4 cm³/mol. The molecule has 0 saturated carbocycles. The highest BCUT2D eigenvalue weighted by Crippen LogP contribution is 2.11. The minimum absolute atomic E-state index is 0.753. The number of aromatic nitrogens is 1. The number of unbranched alkanes of at least 4 members (excludes halogenated alkanes) is 1. The lowest BCUT2D eigenvalue weighted by Gasteiger charge is -1.92. The van der Waals surface area contributed by atoms with Gasteiger partial charge in [-0.25, -0.2) is 0 Å². The summed E-state index contributed by atoms with van der Waals surface area (Å²) in [5.41, 5.74) is 1.72. The van der Waals surface area contributed by atoms with Crippen LogP contribution in [-0.4, -0.2) is 4.37 Å². The van der Waals surface area contributed by atoms with E-state index in [2.05, 4.69) is 17.4 Å². The fourth-order valence-corrected chi connectivity index (χ4v) is 1.54. The van der Waals surface area contributed by atoms with Crippen molar-refractivity contribution in [3.8, 4) is 6.07 Å². The zero-order chi connectivity index (χ0) is 8.10. The van der Waals surface area contributed by atoms with Crippen molar-refractivity contribution in [3.63, 3.8) is 0 Å². The Kier molecular flexibility index (Phi) is 3.06. The van der Waals surface area contributed by atoms with Crippen LogP contribution in [0.15, 0.2) is 5.38 Å². The van der Waals surface area contributed by atoms with Gasteiger partial charge < -0.3 is 0 Å². The van der Waals surface area contributed by atoms with Crippen molar-refractivity contribution in [3.05, 3.63) is 16.6 Å². The van der Waals surface area contributed by atoms with Crippen LogP contribution < -0.4 is 0 Å². The Hall–Kier alpha value is -0.880. The molecule has 0 bridgehead atoms. The molecule has 1 rings (SSSR count). The largest absolute Gasteiger partial charge is 0.196 e. The van der Waals surface area contributed by atoms with Crippen molar-refractivity contribution in [2.75, 3.05) is 0 Å². The molecule has 0 fully saturated rings. The molecule has 1 aromatic heterocycles. The first kappa shape index (κ1) is 8.22. The van der Waals surface area contributed by atoms with E-state index in [4.69, 9.17) is 5.26 Å². The van der Waals surface area contributed by atoms with Crippen molar-refractivity contribution < 1.29 is 0 Å². The van der Waals surface area contributed by atoms with Gasteiger partial charge in [-0.05, 0) is 24.4 Å². The fourth-order valence-electron chi connectivity index (χ4n) is 0.875. The third-order valence-corrected chi connectivity index (χ3v) is 2.20. The Morgan fingerprint density at radius 1 is 1.73 bits per heavy atom. The number of rotatable bonds is 3. The molecular weight excluding hydrogens is 156 g/mol. The zero-order valence-electron chi connectivity index (χ0n) is 6.50. The SMILES string of the molecule is CCCCc1nscc1C#N. The van der Waals surface area contributed by atoms with Crippen LogP contribution in [0, 0.1) is 11.3 Å². The summed E-state index contributed by atoms with van der Waals surface area (Å²) >= 11 is 1.37. The summed E-state index contributed by atoms with van der Waals surface area (Å²) < 4.78 is 4.14. The molecule has 0 aliphatic carbocycles. The summed E-state index contributed by atoms with van der Waals surface area (Å²) in [4.78, 5) is 0. The first-order valence-corrected chi connectivity index (χ1v) is 4.55. The topological polar surface area (TPSA) is 36.7 Å². The van der Waals surface area contributed by atoms with Crippen LogP contribution in [0.2, 0.25) is 0 Å². The van der Waals surface area contributed by atoms with Crippen molar-refractivity contribution >= 4 is 11.5 Å². The maximum absolute atomic E-state index is 8.62. The fraction of sp³-hybridized carbons (Fsp3) is 0.500. The standard InChI is InChI=1S/C8H10N2S/c1-2-3-4-8-7(5-9)6-11-10-8/h6H,2-4H2,1H3. The van der Waals surface area contributed by atoms with E-state index in [1.807, 2.05) is 5.38 Å². The second-order valence-corrected chi connectivity index (χ2v) is 3.02. The molecule has 0 aliphatic rings. The Balaban J connectivity index is 2.63. The van der Waals surface area contributed by atoms with E-state index in [0.717, 1.165) is 30.5 Å². The van der Waals surface area contributed by atoms with E-state index in [-0.39, 0.29) is 0 Å². The van der Waals surface area contributed by atoms with Gasteiger partial charge in [-0.3, -0.25) is 0 Å². The molecule has 0 spiro atoms. The van der Waals surface area contributed by atoms with Gasteiger partial charge in [-0.2, -0.15) is 9.64 Å². The average molecular weight is 166 g/mol. The number of nitrogens with zero attached hydrogens (tertiary/aromatic N) is 2. The Morgan fingerprint density at radius 2 is 2.55 bits per heavy atom. The summed E-state index contributed by atoms with van der Waals surface area (Å²) in [5.74, 6) is 0. The first-order chi connectivity index (χ1) is 5.38. The normalized spacial score (nSPS) is 9.45. The van der Waals surface area contributed by atoms with Crippen LogP contribution in [0.3, 0.4) is 0 Å². The highest BCUT2D eigenvalue weighted by molar-refractivity contribution is 7.03. The van der Waals surface area contributed by atoms with Gasteiger partial charge in [-0.15, -0.1) is 0 Å². The molecule has 0 saturated heterocycles. The molecule has 0 atom stereocenters. The molecule has 2 nitrogen and oxygen atoms in total. The van der Waals surface area contributed by atoms with Crippen molar-refractivity contribution in [1.82, 2.24) is 4.37 Å². The summed E-state index contributed by atoms with van der Waals surface area (Å²) in [6, 6.07) is 2.13. The number of hydrogen-bond acceptors (Lipinski definition) is 3. The van der Waals surface area contributed by atoms with Gasteiger partial charge >= 0.3 is 0 Å². The van der Waals surface area contributed by atoms with Gasteiger partial charge in [0.25, 0.3) is 0 Å². The minimum Gasteiger partial charge on any atom is -0.196 e. The zero-order valence-corrected chi connectivity index (χ0v) is 7.32. The number of aryl methyl sites for hydroxylation is 1. The summed E-state index contributed by atoms with van der Waals surface area (Å²) in [7, 11) is 0. The molecular formula is C8H10N2S. The quantitative estimate of drug-likeness (QED) is 0.691. The van der Waals surface area contributed by atoms with Crippen molar-refractivity contribution in [1.29, 1.82) is 5.26 Å². The maximum Gasteiger partial charge on any atom is 0.102 e. The molecule has 0 radical (unpaired) electrons. The van der Waals surface area contributed by atoms with Crippen LogP contribution in [0.4, 0.5) is 0 Å². The van der Waals surface area contributed by atoms with Crippen LogP contribution in [0.25, 0.3) is 0 Å². The van der Waals surface area contributed by atoms with Crippen molar-refractivity contribution in [2.45, 2.75) is 26.2 Å². The van der Waals surface area contributed by atoms with Gasteiger partial charge in [0.1, 0.15) is 6.07 Å². The lowest BCUT2D eigenvalue weighted by Crippen LogP contribution is -1.86. The predicted octanol–water partition coefficient (Wildman–Crippen LogP) is 2.36. The van der Waals surface area contributed by atoms with E-state index in [9.17, 15) is 0 Å². The monoisotopic (exact) mass is 166 g/mol. The minimum atomic E-state index is 0.753. The Bertz CT molecular complexity index is 259. The van der Waals surface area contributed by atoms with Gasteiger partial charge in [0.2, 0.25) is 0 Å². The van der Waals surface area contributed by atoms with Crippen LogP contribution in [0.5, 0.6) is 0 Å². The second-order valence-electron chi connectivity index (χ2n) is 2.39. The first-order valence-electron chi connectivity index (χ1n) is 3.71. The number of hydrogen-bond donors (Lipinski definition) is 0. The van der Waals surface area contributed by atoms with E-state index in [0.29, 0.717) is 0 Å². The molecule has 3 heteroatoms. The van der Waals surface area contributed by atoms with Gasteiger partial charge in [0.15, 0.2) is 0 Å². The number of nitriles is 1. The summed E-state index contributed by atoms with van der Waals surface area (Å²) in [6.07, 6.45) is 3.23. The second kappa shape index (κ2) is 4.09. The molecule has 0 amide bonds. The lowest BCUT2D eigenvalue weighted by atomic mass is 10.1. The van der Waals surface area contributed by atoms with Crippen LogP contribution in [0.1, 0.15) is 31.0 Å². The van der Waals surface area contributed by atoms with Gasteiger partial charge in [0, 0.05) is 5.38 Å². The molecule has 0 N–H and O–H groups in total. The lowest BCUT2D eigenvalue weighted by molar-refractivity contribution is 0.782. The van der Waals surface area contributed by atoms with Gasteiger partial charge in [-0.1, -0.05) is 13.3 Å². The molecule has 1 aromatic rings. The molecule has 11 heavy (non-hydrogen) atoms. The van der Waals surface area contributed by atoms with Gasteiger partial charge in [0.05, 0.1) is 11.3 Å². The maximum atomic E-state index is 8.62. The molecule has 1 heterocycles. The molecule has 0 unspecified atom stereocenters. The third kappa shape index (κ3) is 2.02. The Morgan fingerprint density at radius 3 is 3.18 bits per heavy atom. The van der Waals surface area contributed by atoms with E-state index >= 15 is 0 Å². The molecule has 58 valence electrons. The highest BCUT2D eigenvalue weighted by atomic mass is 32.1. The summed E-state index contributed by atoms with van der Waals surface area (Å²) in [5, 5.41) is 10.4. The van der Waals surface area contributed by atoms with Crippen LogP contribution in [-0.2, 0) is 6.42 Å². The molecule has 0 aliphatic heterocycles. The third-order valence-electron chi connectivity index (χ3n) is 1.53. The average Bonchev–Trinajstić information content (AvgIpc) is 2.47.